The zero-order chi connectivity index (χ0) is 13.4. The van der Waals surface area contributed by atoms with Gasteiger partial charge in [0, 0.05) is 13.7 Å². The number of ether oxygens (including phenoxy) is 1. The summed E-state index contributed by atoms with van der Waals surface area (Å²) < 4.78 is 5.05. The van der Waals surface area contributed by atoms with Gasteiger partial charge in [0.2, 0.25) is 0 Å². The Kier molecular flexibility index (Phi) is 7.33. The Labute approximate surface area is 111 Å². The summed E-state index contributed by atoms with van der Waals surface area (Å²) >= 11 is 0. The fraction of sp³-hybridized carbons (Fsp3) is 0.933. The van der Waals surface area contributed by atoms with Crippen LogP contribution in [0.2, 0.25) is 0 Å². The molecule has 0 aromatic heterocycles. The lowest BCUT2D eigenvalue weighted by Gasteiger charge is -2.34. The standard InChI is InChI=1S/C15H28O3/c1-3-6-12-8-9-14(15(16)17)13(11-12)7-4-5-10-18-2/h12-14H,3-11H2,1-2H3,(H,16,17). The topological polar surface area (TPSA) is 46.5 Å². The molecule has 3 heteroatoms. The molecule has 3 unspecified atom stereocenters. The lowest BCUT2D eigenvalue weighted by molar-refractivity contribution is -0.145. The minimum absolute atomic E-state index is 0.0966. The number of aliphatic carboxylic acids is 1. The van der Waals surface area contributed by atoms with Gasteiger partial charge in [0.1, 0.15) is 0 Å². The lowest BCUT2D eigenvalue weighted by atomic mass is 9.71. The molecule has 1 aliphatic rings. The Balaban J connectivity index is 2.41. The van der Waals surface area contributed by atoms with Gasteiger partial charge in [-0.25, -0.2) is 0 Å². The minimum atomic E-state index is -0.582. The quantitative estimate of drug-likeness (QED) is 0.673. The van der Waals surface area contributed by atoms with E-state index in [4.69, 9.17) is 4.74 Å². The van der Waals surface area contributed by atoms with Gasteiger partial charge in [0.25, 0.3) is 0 Å². The van der Waals surface area contributed by atoms with E-state index >= 15 is 0 Å². The molecule has 0 amide bonds. The van der Waals surface area contributed by atoms with Gasteiger partial charge in [-0.2, -0.15) is 0 Å². The molecule has 1 N–H and O–H groups in total. The molecule has 18 heavy (non-hydrogen) atoms. The summed E-state index contributed by atoms with van der Waals surface area (Å²) in [6.07, 6.45) is 8.81. The third-order valence-electron chi connectivity index (χ3n) is 4.28. The summed E-state index contributed by atoms with van der Waals surface area (Å²) in [4.78, 5) is 11.3. The van der Waals surface area contributed by atoms with Crippen LogP contribution in [0.3, 0.4) is 0 Å². The van der Waals surface area contributed by atoms with E-state index in [1.54, 1.807) is 7.11 Å². The molecule has 0 heterocycles. The Morgan fingerprint density at radius 3 is 2.67 bits per heavy atom. The van der Waals surface area contributed by atoms with Gasteiger partial charge in [-0.05, 0) is 43.9 Å². The van der Waals surface area contributed by atoms with Crippen molar-refractivity contribution in [3.63, 3.8) is 0 Å². The molecular weight excluding hydrogens is 228 g/mol. The molecule has 0 saturated heterocycles. The van der Waals surface area contributed by atoms with E-state index in [-0.39, 0.29) is 5.92 Å². The first-order valence-electron chi connectivity index (χ1n) is 7.40. The van der Waals surface area contributed by atoms with Gasteiger partial charge in [-0.15, -0.1) is 0 Å². The molecule has 0 aromatic rings. The average Bonchev–Trinajstić information content (AvgIpc) is 2.35. The van der Waals surface area contributed by atoms with Gasteiger partial charge in [0.15, 0.2) is 0 Å². The molecule has 0 bridgehead atoms. The summed E-state index contributed by atoms with van der Waals surface area (Å²) in [5, 5.41) is 9.30. The van der Waals surface area contributed by atoms with Crippen molar-refractivity contribution < 1.29 is 14.6 Å². The normalized spacial score (nSPS) is 28.2. The number of carboxylic acid groups (broad SMARTS) is 1. The summed E-state index contributed by atoms with van der Waals surface area (Å²) in [5.74, 6) is 0.477. The van der Waals surface area contributed by atoms with Gasteiger partial charge < -0.3 is 9.84 Å². The predicted octanol–water partition coefficient (Wildman–Crippen LogP) is 3.72. The number of methoxy groups -OCH3 is 1. The van der Waals surface area contributed by atoms with E-state index in [0.29, 0.717) is 5.92 Å². The first kappa shape index (κ1) is 15.5. The van der Waals surface area contributed by atoms with E-state index in [1.165, 1.54) is 12.8 Å². The van der Waals surface area contributed by atoms with Crippen molar-refractivity contribution in [1.82, 2.24) is 0 Å². The van der Waals surface area contributed by atoms with Crippen molar-refractivity contribution in [3.8, 4) is 0 Å². The van der Waals surface area contributed by atoms with Gasteiger partial charge in [-0.1, -0.05) is 26.2 Å². The minimum Gasteiger partial charge on any atom is -0.481 e. The highest BCUT2D eigenvalue weighted by Crippen LogP contribution is 2.38. The second-order valence-electron chi connectivity index (χ2n) is 5.66. The largest absolute Gasteiger partial charge is 0.481 e. The molecule has 0 spiro atoms. The predicted molar refractivity (Wildman–Crippen MR) is 72.6 cm³/mol. The first-order chi connectivity index (χ1) is 8.69. The molecule has 1 fully saturated rings. The highest BCUT2D eigenvalue weighted by molar-refractivity contribution is 5.70. The molecule has 3 atom stereocenters. The molecule has 1 rings (SSSR count). The zero-order valence-corrected chi connectivity index (χ0v) is 11.9. The fourth-order valence-corrected chi connectivity index (χ4v) is 3.33. The Bertz CT molecular complexity index is 240. The highest BCUT2D eigenvalue weighted by atomic mass is 16.5. The van der Waals surface area contributed by atoms with Crippen molar-refractivity contribution in [1.29, 1.82) is 0 Å². The monoisotopic (exact) mass is 256 g/mol. The van der Waals surface area contributed by atoms with Crippen LogP contribution in [0.5, 0.6) is 0 Å². The molecule has 3 nitrogen and oxygen atoms in total. The second kappa shape index (κ2) is 8.52. The molecular formula is C15H28O3. The van der Waals surface area contributed by atoms with Crippen molar-refractivity contribution in [2.24, 2.45) is 17.8 Å². The van der Waals surface area contributed by atoms with E-state index in [0.717, 1.165) is 51.0 Å². The Morgan fingerprint density at radius 1 is 1.28 bits per heavy atom. The smallest absolute Gasteiger partial charge is 0.306 e. The number of rotatable bonds is 8. The number of carbonyl (C=O) groups is 1. The number of carboxylic acids is 1. The molecule has 106 valence electrons. The van der Waals surface area contributed by atoms with Crippen LogP contribution in [-0.4, -0.2) is 24.8 Å². The summed E-state index contributed by atoms with van der Waals surface area (Å²) in [5.41, 5.74) is 0. The third-order valence-corrected chi connectivity index (χ3v) is 4.28. The van der Waals surface area contributed by atoms with E-state index in [9.17, 15) is 9.90 Å². The summed E-state index contributed by atoms with van der Waals surface area (Å²) in [6, 6.07) is 0. The highest BCUT2D eigenvalue weighted by Gasteiger charge is 2.33. The van der Waals surface area contributed by atoms with Crippen LogP contribution in [0.15, 0.2) is 0 Å². The van der Waals surface area contributed by atoms with Crippen LogP contribution in [0, 0.1) is 17.8 Å². The molecule has 1 saturated carbocycles. The molecule has 0 aliphatic heterocycles. The maximum atomic E-state index is 11.3. The van der Waals surface area contributed by atoms with Gasteiger partial charge in [0.05, 0.1) is 5.92 Å². The molecule has 0 radical (unpaired) electrons. The van der Waals surface area contributed by atoms with Crippen LogP contribution < -0.4 is 0 Å². The summed E-state index contributed by atoms with van der Waals surface area (Å²) in [7, 11) is 1.72. The van der Waals surface area contributed by atoms with Crippen LogP contribution in [0.4, 0.5) is 0 Å². The van der Waals surface area contributed by atoms with Crippen LogP contribution in [-0.2, 0) is 9.53 Å². The number of hydrogen-bond acceptors (Lipinski definition) is 2. The Hall–Kier alpha value is -0.570. The third kappa shape index (κ3) is 4.97. The zero-order valence-electron chi connectivity index (χ0n) is 11.9. The van der Waals surface area contributed by atoms with Crippen molar-refractivity contribution in [3.05, 3.63) is 0 Å². The lowest BCUT2D eigenvalue weighted by Crippen LogP contribution is -2.30. The van der Waals surface area contributed by atoms with Gasteiger partial charge >= 0.3 is 5.97 Å². The van der Waals surface area contributed by atoms with E-state index < -0.39 is 5.97 Å². The van der Waals surface area contributed by atoms with Crippen LogP contribution in [0.1, 0.15) is 58.3 Å². The van der Waals surface area contributed by atoms with E-state index in [2.05, 4.69) is 6.92 Å². The average molecular weight is 256 g/mol. The van der Waals surface area contributed by atoms with Crippen LogP contribution >= 0.6 is 0 Å². The second-order valence-corrected chi connectivity index (χ2v) is 5.66. The maximum Gasteiger partial charge on any atom is 0.306 e. The van der Waals surface area contributed by atoms with Crippen molar-refractivity contribution in [2.75, 3.05) is 13.7 Å². The van der Waals surface area contributed by atoms with E-state index in [1.807, 2.05) is 0 Å². The number of unbranched alkanes of at least 4 members (excludes halogenated alkanes) is 1. The van der Waals surface area contributed by atoms with Crippen molar-refractivity contribution in [2.45, 2.75) is 58.3 Å². The molecule has 1 aliphatic carbocycles. The molecule has 0 aromatic carbocycles. The fourth-order valence-electron chi connectivity index (χ4n) is 3.33. The first-order valence-corrected chi connectivity index (χ1v) is 7.40. The summed E-state index contributed by atoms with van der Waals surface area (Å²) in [6.45, 7) is 3.01. The van der Waals surface area contributed by atoms with Crippen LogP contribution in [0.25, 0.3) is 0 Å². The van der Waals surface area contributed by atoms with Gasteiger partial charge in [-0.3, -0.25) is 4.79 Å². The maximum absolute atomic E-state index is 11.3. The number of hydrogen-bond donors (Lipinski definition) is 1. The van der Waals surface area contributed by atoms with Crippen molar-refractivity contribution >= 4 is 5.97 Å². The Morgan fingerprint density at radius 2 is 2.06 bits per heavy atom. The SMILES string of the molecule is CCCC1CCC(C(=O)O)C(CCCCOC)C1.